The van der Waals surface area contributed by atoms with Crippen LogP contribution in [-0.4, -0.2) is 40.0 Å². The van der Waals surface area contributed by atoms with Gasteiger partial charge in [-0.25, -0.2) is 4.39 Å². The molecule has 1 atom stereocenters. The predicted molar refractivity (Wildman–Crippen MR) is 113 cm³/mol. The molecule has 2 heterocycles. The lowest BCUT2D eigenvalue weighted by Crippen LogP contribution is -2.39. The molecular formula is C22H21FN4O2S. The minimum atomic E-state index is -0.381. The maximum absolute atomic E-state index is 13.0. The Morgan fingerprint density at radius 1 is 1.17 bits per heavy atom. The van der Waals surface area contributed by atoms with Gasteiger partial charge in [0.1, 0.15) is 10.8 Å². The molecule has 3 aromatic rings. The summed E-state index contributed by atoms with van der Waals surface area (Å²) in [6.07, 6.45) is 1.77. The Morgan fingerprint density at radius 2 is 1.97 bits per heavy atom. The third-order valence-electron chi connectivity index (χ3n) is 5.06. The lowest BCUT2D eigenvalue weighted by molar-refractivity contribution is 0.0706. The topological polar surface area (TPSA) is 75.2 Å². The van der Waals surface area contributed by atoms with E-state index in [-0.39, 0.29) is 28.6 Å². The number of aromatic nitrogens is 2. The maximum atomic E-state index is 13.0. The molecule has 30 heavy (non-hydrogen) atoms. The normalized spacial score (nSPS) is 16.3. The van der Waals surface area contributed by atoms with Crippen LogP contribution >= 0.6 is 11.3 Å². The molecule has 6 nitrogen and oxygen atoms in total. The van der Waals surface area contributed by atoms with E-state index in [0.29, 0.717) is 24.3 Å². The summed E-state index contributed by atoms with van der Waals surface area (Å²) < 4.78 is 13.0. The van der Waals surface area contributed by atoms with Crippen LogP contribution in [0.3, 0.4) is 0 Å². The van der Waals surface area contributed by atoms with Gasteiger partial charge < -0.3 is 10.2 Å². The summed E-state index contributed by atoms with van der Waals surface area (Å²) in [5, 5.41) is 11.9. The molecular weight excluding hydrogens is 403 g/mol. The second kappa shape index (κ2) is 8.71. The minimum Gasteiger partial charge on any atom is -0.338 e. The van der Waals surface area contributed by atoms with Gasteiger partial charge in [-0.15, -0.1) is 10.2 Å². The Hall–Kier alpha value is -3.13. The summed E-state index contributed by atoms with van der Waals surface area (Å²) in [4.78, 5) is 27.1. The van der Waals surface area contributed by atoms with Gasteiger partial charge >= 0.3 is 0 Å². The minimum absolute atomic E-state index is 0.0159. The van der Waals surface area contributed by atoms with Gasteiger partial charge in [0.15, 0.2) is 0 Å². The first-order valence-electron chi connectivity index (χ1n) is 9.76. The average Bonchev–Trinajstić information content (AvgIpc) is 3.25. The molecule has 1 saturated heterocycles. The third kappa shape index (κ3) is 4.54. The highest BCUT2D eigenvalue weighted by Crippen LogP contribution is 2.30. The molecule has 0 saturated carbocycles. The van der Waals surface area contributed by atoms with Crippen molar-refractivity contribution in [1.82, 2.24) is 15.1 Å². The highest BCUT2D eigenvalue weighted by atomic mass is 32.1. The molecule has 0 radical (unpaired) electrons. The Bertz CT molecular complexity index is 1070. The first kappa shape index (κ1) is 20.2. The van der Waals surface area contributed by atoms with E-state index in [1.54, 1.807) is 0 Å². The van der Waals surface area contributed by atoms with E-state index < -0.39 is 0 Å². The highest BCUT2D eigenvalue weighted by molar-refractivity contribution is 7.13. The molecule has 0 unspecified atom stereocenters. The number of aryl methyl sites for hydroxylation is 1. The fourth-order valence-electron chi connectivity index (χ4n) is 3.53. The number of carbonyl (C=O) groups excluding carboxylic acids is 2. The van der Waals surface area contributed by atoms with Crippen molar-refractivity contribution in [3.05, 3.63) is 75.5 Å². The molecule has 4 rings (SSSR count). The van der Waals surface area contributed by atoms with E-state index in [9.17, 15) is 14.0 Å². The Morgan fingerprint density at radius 3 is 2.73 bits per heavy atom. The molecule has 1 aromatic heterocycles. The number of anilines is 1. The number of rotatable bonds is 4. The van der Waals surface area contributed by atoms with Gasteiger partial charge in [-0.05, 0) is 56.2 Å². The number of likely N-dealkylation sites (tertiary alicyclic amines) is 1. The molecule has 2 amide bonds. The average molecular weight is 425 g/mol. The van der Waals surface area contributed by atoms with Gasteiger partial charge in [0.2, 0.25) is 5.01 Å². The van der Waals surface area contributed by atoms with Crippen molar-refractivity contribution in [3.63, 3.8) is 0 Å². The van der Waals surface area contributed by atoms with Crippen LogP contribution in [0.15, 0.2) is 48.5 Å². The lowest BCUT2D eigenvalue weighted by Gasteiger charge is -2.31. The van der Waals surface area contributed by atoms with Gasteiger partial charge in [-0.2, -0.15) is 0 Å². The number of amides is 2. The summed E-state index contributed by atoms with van der Waals surface area (Å²) in [5.74, 6) is -0.679. The molecule has 8 heteroatoms. The Kier molecular flexibility index (Phi) is 5.85. The molecule has 2 aromatic carbocycles. The zero-order valence-corrected chi connectivity index (χ0v) is 17.3. The molecule has 0 aliphatic carbocycles. The van der Waals surface area contributed by atoms with E-state index in [2.05, 4.69) is 15.5 Å². The zero-order valence-electron chi connectivity index (χ0n) is 16.5. The number of benzene rings is 2. The van der Waals surface area contributed by atoms with Gasteiger partial charge in [0.25, 0.3) is 11.8 Å². The van der Waals surface area contributed by atoms with Crippen molar-refractivity contribution in [2.45, 2.75) is 25.7 Å². The van der Waals surface area contributed by atoms with Crippen LogP contribution in [0.25, 0.3) is 0 Å². The predicted octanol–water partition coefficient (Wildman–Crippen LogP) is 4.26. The summed E-state index contributed by atoms with van der Waals surface area (Å²) in [6.45, 7) is 3.23. The van der Waals surface area contributed by atoms with Gasteiger partial charge in [-0.1, -0.05) is 29.0 Å². The van der Waals surface area contributed by atoms with Crippen LogP contribution in [-0.2, 0) is 0 Å². The number of carbonyl (C=O) groups is 2. The fraction of sp³-hybridized carbons (Fsp3) is 0.273. The van der Waals surface area contributed by atoms with Crippen molar-refractivity contribution >= 4 is 28.8 Å². The maximum Gasteiger partial charge on any atom is 0.286 e. The third-order valence-corrected chi connectivity index (χ3v) is 6.14. The van der Waals surface area contributed by atoms with Crippen LogP contribution in [0.4, 0.5) is 10.1 Å². The van der Waals surface area contributed by atoms with Gasteiger partial charge in [0.05, 0.1) is 0 Å². The van der Waals surface area contributed by atoms with E-state index in [4.69, 9.17) is 0 Å². The Labute approximate surface area is 177 Å². The standard InChI is InChI=1S/C22H21FN4O2S/c1-14-4-2-5-15(12-14)22(29)27-11-3-6-16(13-27)20-25-26-21(30-20)19(28)24-18-9-7-17(23)8-10-18/h2,4-5,7-10,12,16H,3,6,11,13H2,1H3,(H,24,28)/t16-/m1/s1. The fourth-order valence-corrected chi connectivity index (χ4v) is 4.40. The highest BCUT2D eigenvalue weighted by Gasteiger charge is 2.28. The monoisotopic (exact) mass is 424 g/mol. The second-order valence-corrected chi connectivity index (χ2v) is 8.38. The van der Waals surface area contributed by atoms with Crippen molar-refractivity contribution in [1.29, 1.82) is 0 Å². The number of halogens is 1. The van der Waals surface area contributed by atoms with Crippen LogP contribution in [0.5, 0.6) is 0 Å². The molecule has 0 spiro atoms. The Balaban J connectivity index is 1.43. The number of hydrogen-bond acceptors (Lipinski definition) is 5. The smallest absolute Gasteiger partial charge is 0.286 e. The van der Waals surface area contributed by atoms with Crippen molar-refractivity contribution < 1.29 is 14.0 Å². The summed E-state index contributed by atoms with van der Waals surface area (Å²) in [5.41, 5.74) is 2.23. The molecule has 1 N–H and O–H groups in total. The lowest BCUT2D eigenvalue weighted by atomic mass is 9.98. The van der Waals surface area contributed by atoms with Crippen LogP contribution < -0.4 is 5.32 Å². The number of nitrogens with one attached hydrogen (secondary N) is 1. The summed E-state index contributed by atoms with van der Waals surface area (Å²) in [6, 6.07) is 13.1. The van der Waals surface area contributed by atoms with Crippen molar-refractivity contribution in [2.75, 3.05) is 18.4 Å². The van der Waals surface area contributed by atoms with Crippen LogP contribution in [0.1, 0.15) is 49.5 Å². The molecule has 1 aliphatic rings. The summed E-state index contributed by atoms with van der Waals surface area (Å²) >= 11 is 1.24. The van der Waals surface area contributed by atoms with E-state index >= 15 is 0 Å². The zero-order chi connectivity index (χ0) is 21.1. The van der Waals surface area contributed by atoms with Gasteiger partial charge in [0, 0.05) is 30.3 Å². The van der Waals surface area contributed by atoms with Crippen LogP contribution in [0, 0.1) is 12.7 Å². The second-order valence-electron chi connectivity index (χ2n) is 7.37. The summed E-state index contributed by atoms with van der Waals surface area (Å²) in [7, 11) is 0. The number of piperidine rings is 1. The quantitative estimate of drug-likeness (QED) is 0.679. The molecule has 0 bridgehead atoms. The first-order chi connectivity index (χ1) is 14.5. The molecule has 154 valence electrons. The molecule has 1 aliphatic heterocycles. The molecule has 1 fully saturated rings. The van der Waals surface area contributed by atoms with E-state index in [1.807, 2.05) is 36.1 Å². The number of hydrogen-bond donors (Lipinski definition) is 1. The van der Waals surface area contributed by atoms with Crippen LogP contribution in [0.2, 0.25) is 0 Å². The first-order valence-corrected chi connectivity index (χ1v) is 10.6. The van der Waals surface area contributed by atoms with E-state index in [1.165, 1.54) is 35.6 Å². The SMILES string of the molecule is Cc1cccc(C(=O)N2CCC[C@@H](c3nnc(C(=O)Nc4ccc(F)cc4)s3)C2)c1. The van der Waals surface area contributed by atoms with Crippen molar-refractivity contribution in [2.24, 2.45) is 0 Å². The van der Waals surface area contributed by atoms with Crippen molar-refractivity contribution in [3.8, 4) is 0 Å². The largest absolute Gasteiger partial charge is 0.338 e. The number of nitrogens with zero attached hydrogens (tertiary/aromatic N) is 3. The van der Waals surface area contributed by atoms with Gasteiger partial charge in [-0.3, -0.25) is 9.59 Å². The van der Waals surface area contributed by atoms with E-state index in [0.717, 1.165) is 23.4 Å².